The summed E-state index contributed by atoms with van der Waals surface area (Å²) in [6.45, 7) is 0.996. The normalized spacial score (nSPS) is 15.7. The summed E-state index contributed by atoms with van der Waals surface area (Å²) in [7, 11) is 0. The quantitative estimate of drug-likeness (QED) is 0.439. The molecule has 1 saturated carbocycles. The molecule has 2 rings (SSSR count). The van der Waals surface area contributed by atoms with E-state index in [9.17, 15) is 19.3 Å². The Morgan fingerprint density at radius 1 is 1.45 bits per heavy atom. The molecule has 1 aromatic carbocycles. The second-order valence-corrected chi connectivity index (χ2v) is 5.13. The van der Waals surface area contributed by atoms with E-state index in [2.05, 4.69) is 0 Å². The van der Waals surface area contributed by atoms with Gasteiger partial charge in [-0.2, -0.15) is 0 Å². The van der Waals surface area contributed by atoms with Crippen molar-refractivity contribution >= 4 is 11.7 Å². The van der Waals surface area contributed by atoms with E-state index in [4.69, 9.17) is 9.47 Å². The van der Waals surface area contributed by atoms with Gasteiger partial charge in [-0.1, -0.05) is 12.5 Å². The lowest BCUT2D eigenvalue weighted by molar-refractivity contribution is -0.385. The second-order valence-electron chi connectivity index (χ2n) is 5.13. The minimum absolute atomic E-state index is 0.0178. The maximum absolute atomic E-state index is 12.3. The fourth-order valence-electron chi connectivity index (χ4n) is 2.64. The first-order valence-corrected chi connectivity index (χ1v) is 7.20. The van der Waals surface area contributed by atoms with Crippen LogP contribution in [0.15, 0.2) is 18.2 Å². The molecule has 0 aromatic heterocycles. The highest BCUT2D eigenvalue weighted by Crippen LogP contribution is 2.46. The lowest BCUT2D eigenvalue weighted by atomic mass is 9.64. The number of benzene rings is 1. The van der Waals surface area contributed by atoms with Crippen LogP contribution in [0, 0.1) is 10.1 Å². The van der Waals surface area contributed by atoms with Crippen LogP contribution in [-0.2, 0) is 14.9 Å². The van der Waals surface area contributed by atoms with Crippen LogP contribution in [0.3, 0.4) is 0 Å². The molecular weight excluding hydrogens is 293 g/mol. The molecule has 1 aliphatic rings. The number of esters is 1. The Bertz CT molecular complexity index is 571. The van der Waals surface area contributed by atoms with Gasteiger partial charge in [0.15, 0.2) is 5.75 Å². The largest absolute Gasteiger partial charge is 0.484 e. The fourth-order valence-corrected chi connectivity index (χ4v) is 2.64. The number of hydrogen-bond acceptors (Lipinski definition) is 5. The van der Waals surface area contributed by atoms with Gasteiger partial charge in [0, 0.05) is 6.07 Å². The molecule has 0 saturated heterocycles. The first-order valence-electron chi connectivity index (χ1n) is 7.20. The summed E-state index contributed by atoms with van der Waals surface area (Å²) in [5.41, 5.74) is -0.383. The molecule has 1 aliphatic carbocycles. The number of alkyl halides is 1. The Kier molecular flexibility index (Phi) is 4.95. The maximum atomic E-state index is 12.3. The number of ether oxygens (including phenoxy) is 2. The standard InChI is InChI=1S/C15H18FNO5/c1-2-21-14(18)15(6-3-7-15)11-4-5-12(17(19)20)13(10-11)22-9-8-16/h4-5,10H,2-3,6-9H2,1H3. The lowest BCUT2D eigenvalue weighted by Crippen LogP contribution is -2.43. The molecule has 120 valence electrons. The van der Waals surface area contributed by atoms with E-state index in [1.807, 2.05) is 0 Å². The Morgan fingerprint density at radius 3 is 2.68 bits per heavy atom. The van der Waals surface area contributed by atoms with E-state index in [1.54, 1.807) is 13.0 Å². The number of carbonyl (C=O) groups excluding carboxylic acids is 1. The predicted octanol–water partition coefficient (Wildman–Crippen LogP) is 2.93. The van der Waals surface area contributed by atoms with Crippen LogP contribution < -0.4 is 4.74 Å². The number of nitro groups is 1. The van der Waals surface area contributed by atoms with E-state index in [0.29, 0.717) is 18.4 Å². The van der Waals surface area contributed by atoms with Crippen LogP contribution in [0.25, 0.3) is 0 Å². The van der Waals surface area contributed by atoms with Crippen molar-refractivity contribution < 1.29 is 23.6 Å². The number of nitro benzene ring substituents is 1. The molecule has 0 radical (unpaired) electrons. The summed E-state index contributed by atoms with van der Waals surface area (Å²) < 4.78 is 22.5. The molecule has 6 nitrogen and oxygen atoms in total. The summed E-state index contributed by atoms with van der Waals surface area (Å²) >= 11 is 0. The van der Waals surface area contributed by atoms with Gasteiger partial charge < -0.3 is 9.47 Å². The van der Waals surface area contributed by atoms with Gasteiger partial charge in [0.2, 0.25) is 0 Å². The molecule has 0 atom stereocenters. The van der Waals surface area contributed by atoms with E-state index >= 15 is 0 Å². The highest BCUT2D eigenvalue weighted by Gasteiger charge is 2.47. The second kappa shape index (κ2) is 6.72. The first kappa shape index (κ1) is 16.2. The summed E-state index contributed by atoms with van der Waals surface area (Å²) in [5.74, 6) is -0.345. The zero-order valence-electron chi connectivity index (χ0n) is 12.3. The molecule has 1 aromatic rings. The van der Waals surface area contributed by atoms with Crippen molar-refractivity contribution in [2.24, 2.45) is 0 Å². The average molecular weight is 311 g/mol. The van der Waals surface area contributed by atoms with Crippen LogP contribution in [-0.4, -0.2) is 30.8 Å². The van der Waals surface area contributed by atoms with Gasteiger partial charge in [-0.3, -0.25) is 14.9 Å². The third-order valence-electron chi connectivity index (χ3n) is 3.92. The topological polar surface area (TPSA) is 78.7 Å². The zero-order chi connectivity index (χ0) is 16.2. The van der Waals surface area contributed by atoms with Gasteiger partial charge in [-0.05, 0) is 31.4 Å². The van der Waals surface area contributed by atoms with E-state index in [-0.39, 0.29) is 30.6 Å². The molecule has 0 aliphatic heterocycles. The third-order valence-corrected chi connectivity index (χ3v) is 3.92. The molecule has 0 heterocycles. The van der Waals surface area contributed by atoms with Crippen molar-refractivity contribution in [1.29, 1.82) is 0 Å². The number of carbonyl (C=O) groups is 1. The van der Waals surface area contributed by atoms with E-state index < -0.39 is 17.0 Å². The van der Waals surface area contributed by atoms with Gasteiger partial charge in [-0.15, -0.1) is 0 Å². The van der Waals surface area contributed by atoms with Crippen LogP contribution in [0.5, 0.6) is 5.75 Å². The average Bonchev–Trinajstić information content (AvgIpc) is 2.44. The minimum Gasteiger partial charge on any atom is -0.484 e. The Balaban J connectivity index is 2.38. The van der Waals surface area contributed by atoms with Crippen molar-refractivity contribution in [1.82, 2.24) is 0 Å². The molecule has 0 bridgehead atoms. The lowest BCUT2D eigenvalue weighted by Gasteiger charge is -2.39. The first-order chi connectivity index (χ1) is 10.5. The highest BCUT2D eigenvalue weighted by atomic mass is 19.1. The molecule has 0 spiro atoms. The number of rotatable bonds is 7. The molecule has 0 unspecified atom stereocenters. The Labute approximate surface area is 127 Å². The Morgan fingerprint density at radius 2 is 2.18 bits per heavy atom. The summed E-state index contributed by atoms with van der Waals surface area (Å²) in [6.07, 6.45) is 2.15. The van der Waals surface area contributed by atoms with Crippen molar-refractivity contribution in [2.45, 2.75) is 31.6 Å². The number of nitrogens with zero attached hydrogens (tertiary/aromatic N) is 1. The van der Waals surface area contributed by atoms with Gasteiger partial charge in [0.25, 0.3) is 0 Å². The van der Waals surface area contributed by atoms with Gasteiger partial charge in [0.1, 0.15) is 13.3 Å². The van der Waals surface area contributed by atoms with Crippen LogP contribution in [0.4, 0.5) is 10.1 Å². The highest BCUT2D eigenvalue weighted by molar-refractivity contribution is 5.84. The summed E-state index contributed by atoms with van der Waals surface area (Å²) in [4.78, 5) is 22.7. The Hall–Kier alpha value is -2.18. The van der Waals surface area contributed by atoms with Gasteiger partial charge >= 0.3 is 11.7 Å². The van der Waals surface area contributed by atoms with Crippen LogP contribution in [0.1, 0.15) is 31.7 Å². The van der Waals surface area contributed by atoms with Crippen LogP contribution >= 0.6 is 0 Å². The smallest absolute Gasteiger partial charge is 0.316 e. The zero-order valence-corrected chi connectivity index (χ0v) is 12.3. The van der Waals surface area contributed by atoms with Crippen molar-refractivity contribution in [2.75, 3.05) is 19.9 Å². The summed E-state index contributed by atoms with van der Waals surface area (Å²) in [6, 6.07) is 4.31. The molecule has 0 N–H and O–H groups in total. The van der Waals surface area contributed by atoms with Crippen LogP contribution in [0.2, 0.25) is 0 Å². The van der Waals surface area contributed by atoms with E-state index in [1.165, 1.54) is 12.1 Å². The minimum atomic E-state index is -0.765. The molecule has 1 fully saturated rings. The molecular formula is C15H18FNO5. The maximum Gasteiger partial charge on any atom is 0.316 e. The third kappa shape index (κ3) is 2.88. The SMILES string of the molecule is CCOC(=O)C1(c2ccc([N+](=O)[O-])c(OCCF)c2)CCC1. The molecule has 0 amide bonds. The van der Waals surface area contributed by atoms with E-state index in [0.717, 1.165) is 6.42 Å². The predicted molar refractivity (Wildman–Crippen MR) is 76.7 cm³/mol. The van der Waals surface area contributed by atoms with Crippen molar-refractivity contribution in [3.63, 3.8) is 0 Å². The number of halogens is 1. The van der Waals surface area contributed by atoms with Crippen molar-refractivity contribution in [3.05, 3.63) is 33.9 Å². The van der Waals surface area contributed by atoms with Gasteiger partial charge in [0.05, 0.1) is 16.9 Å². The van der Waals surface area contributed by atoms with Gasteiger partial charge in [-0.25, -0.2) is 4.39 Å². The molecule has 7 heteroatoms. The monoisotopic (exact) mass is 311 g/mol. The molecule has 22 heavy (non-hydrogen) atoms. The van der Waals surface area contributed by atoms with Crippen molar-refractivity contribution in [3.8, 4) is 5.75 Å². The summed E-state index contributed by atoms with van der Waals surface area (Å²) in [5, 5.41) is 11.0. The fraction of sp³-hybridized carbons (Fsp3) is 0.533. The number of hydrogen-bond donors (Lipinski definition) is 0.